The Morgan fingerprint density at radius 1 is 1.37 bits per heavy atom. The summed E-state index contributed by atoms with van der Waals surface area (Å²) < 4.78 is 13.2. The van der Waals surface area contributed by atoms with Gasteiger partial charge < -0.3 is 9.74 Å². The van der Waals surface area contributed by atoms with Gasteiger partial charge >= 0.3 is 0 Å². The van der Waals surface area contributed by atoms with Crippen LogP contribution in [-0.2, 0) is 9.63 Å². The monoisotopic (exact) mass is 262 g/mol. The zero-order chi connectivity index (χ0) is 13.2. The number of benzene rings is 1. The van der Waals surface area contributed by atoms with Crippen molar-refractivity contribution in [3.05, 3.63) is 35.6 Å². The highest BCUT2D eigenvalue weighted by molar-refractivity contribution is 6.04. The predicted octanol–water partition coefficient (Wildman–Crippen LogP) is 1.94. The first-order chi connectivity index (χ1) is 9.24. The number of nitrogens with zero attached hydrogens (tertiary/aromatic N) is 2. The molecule has 0 radical (unpaired) electrons. The highest BCUT2D eigenvalue weighted by atomic mass is 19.1. The standard InChI is InChI=1S/C14H15FN2O2/c15-11-5-3-4-10(8-11)12-9-13(19-16-12)14(18)17-6-1-2-7-17/h3-5,8,13H,1-2,6-7,9H2. The molecular weight excluding hydrogens is 247 g/mol. The van der Waals surface area contributed by atoms with Gasteiger partial charge in [0.2, 0.25) is 6.10 Å². The van der Waals surface area contributed by atoms with Crippen molar-refractivity contribution < 1.29 is 14.0 Å². The van der Waals surface area contributed by atoms with Crippen molar-refractivity contribution in [2.45, 2.75) is 25.4 Å². The van der Waals surface area contributed by atoms with Crippen molar-refractivity contribution in [1.29, 1.82) is 0 Å². The van der Waals surface area contributed by atoms with E-state index in [0.29, 0.717) is 17.7 Å². The minimum atomic E-state index is -0.545. The average Bonchev–Trinajstić information content (AvgIpc) is 3.10. The summed E-state index contributed by atoms with van der Waals surface area (Å²) in [5, 5.41) is 3.92. The second-order valence-corrected chi connectivity index (χ2v) is 4.88. The van der Waals surface area contributed by atoms with Crippen LogP contribution in [0.25, 0.3) is 0 Å². The number of likely N-dealkylation sites (tertiary alicyclic amines) is 1. The Morgan fingerprint density at radius 3 is 2.89 bits per heavy atom. The molecule has 2 aliphatic heterocycles. The molecule has 1 fully saturated rings. The minimum Gasteiger partial charge on any atom is -0.382 e. The van der Waals surface area contributed by atoms with Gasteiger partial charge in [-0.3, -0.25) is 4.79 Å². The third-order valence-electron chi connectivity index (χ3n) is 3.52. The molecule has 0 saturated carbocycles. The van der Waals surface area contributed by atoms with Crippen LogP contribution in [0.15, 0.2) is 29.4 Å². The van der Waals surface area contributed by atoms with E-state index in [-0.39, 0.29) is 11.7 Å². The first-order valence-corrected chi connectivity index (χ1v) is 6.51. The molecule has 0 spiro atoms. The van der Waals surface area contributed by atoms with Gasteiger partial charge in [0.1, 0.15) is 5.82 Å². The van der Waals surface area contributed by atoms with Crippen LogP contribution in [0.3, 0.4) is 0 Å². The summed E-state index contributed by atoms with van der Waals surface area (Å²) in [6.45, 7) is 1.60. The van der Waals surface area contributed by atoms with Crippen LogP contribution in [0, 0.1) is 5.82 Å². The summed E-state index contributed by atoms with van der Waals surface area (Å²) in [6, 6.07) is 6.19. The fraction of sp³-hybridized carbons (Fsp3) is 0.429. The van der Waals surface area contributed by atoms with Crippen molar-refractivity contribution in [2.75, 3.05) is 13.1 Å². The SMILES string of the molecule is O=C(C1CC(c2cccc(F)c2)=NO1)N1CCCC1. The van der Waals surface area contributed by atoms with Crippen LogP contribution >= 0.6 is 0 Å². The lowest BCUT2D eigenvalue weighted by Gasteiger charge is -2.18. The molecule has 1 unspecified atom stereocenters. The van der Waals surface area contributed by atoms with Crippen molar-refractivity contribution in [3.63, 3.8) is 0 Å². The van der Waals surface area contributed by atoms with Crippen molar-refractivity contribution in [2.24, 2.45) is 5.16 Å². The Hall–Kier alpha value is -1.91. The number of halogens is 1. The number of hydrogen-bond donors (Lipinski definition) is 0. The van der Waals surface area contributed by atoms with Crippen molar-refractivity contribution in [3.8, 4) is 0 Å². The highest BCUT2D eigenvalue weighted by Crippen LogP contribution is 2.20. The molecule has 1 aromatic rings. The number of oxime groups is 1. The van der Waals surface area contributed by atoms with Gasteiger partial charge in [-0.1, -0.05) is 17.3 Å². The van der Waals surface area contributed by atoms with Crippen LogP contribution in [-0.4, -0.2) is 35.7 Å². The molecule has 0 bridgehead atoms. The summed E-state index contributed by atoms with van der Waals surface area (Å²) >= 11 is 0. The second-order valence-electron chi connectivity index (χ2n) is 4.88. The lowest BCUT2D eigenvalue weighted by atomic mass is 10.0. The lowest BCUT2D eigenvalue weighted by molar-refractivity contribution is -0.140. The van der Waals surface area contributed by atoms with Crippen LogP contribution in [0.4, 0.5) is 4.39 Å². The van der Waals surface area contributed by atoms with E-state index in [2.05, 4.69) is 5.16 Å². The van der Waals surface area contributed by atoms with Gasteiger partial charge in [-0.2, -0.15) is 0 Å². The van der Waals surface area contributed by atoms with Crippen molar-refractivity contribution >= 4 is 11.6 Å². The Balaban J connectivity index is 1.67. The van der Waals surface area contributed by atoms with Crippen molar-refractivity contribution in [1.82, 2.24) is 4.90 Å². The molecule has 0 aliphatic carbocycles. The first-order valence-electron chi connectivity index (χ1n) is 6.51. The van der Waals surface area contributed by atoms with Gasteiger partial charge in [0.15, 0.2) is 0 Å². The molecule has 1 atom stereocenters. The van der Waals surface area contributed by atoms with Crippen LogP contribution in [0.2, 0.25) is 0 Å². The van der Waals surface area contributed by atoms with Gasteiger partial charge in [-0.15, -0.1) is 0 Å². The van der Waals surface area contributed by atoms with Gasteiger partial charge in [0.05, 0.1) is 5.71 Å². The van der Waals surface area contributed by atoms with Crippen LogP contribution < -0.4 is 0 Å². The van der Waals surface area contributed by atoms with E-state index in [9.17, 15) is 9.18 Å². The van der Waals surface area contributed by atoms with E-state index in [0.717, 1.165) is 25.9 Å². The zero-order valence-electron chi connectivity index (χ0n) is 10.5. The minimum absolute atomic E-state index is 0.00680. The summed E-state index contributed by atoms with van der Waals surface area (Å²) in [5.74, 6) is -0.317. The molecular formula is C14H15FN2O2. The molecule has 1 amide bonds. The Bertz CT molecular complexity index is 524. The lowest BCUT2D eigenvalue weighted by Crippen LogP contribution is -2.37. The maximum Gasteiger partial charge on any atom is 0.266 e. The molecule has 2 heterocycles. The number of rotatable bonds is 2. The van der Waals surface area contributed by atoms with E-state index in [1.165, 1.54) is 12.1 Å². The van der Waals surface area contributed by atoms with E-state index in [4.69, 9.17) is 4.84 Å². The Morgan fingerprint density at radius 2 is 2.16 bits per heavy atom. The summed E-state index contributed by atoms with van der Waals surface area (Å²) in [7, 11) is 0. The van der Waals surface area contributed by atoms with E-state index in [1.54, 1.807) is 12.1 Å². The maximum absolute atomic E-state index is 13.2. The van der Waals surface area contributed by atoms with Gasteiger partial charge in [-0.25, -0.2) is 4.39 Å². The smallest absolute Gasteiger partial charge is 0.266 e. The topological polar surface area (TPSA) is 41.9 Å². The van der Waals surface area contributed by atoms with Crippen LogP contribution in [0.1, 0.15) is 24.8 Å². The summed E-state index contributed by atoms with van der Waals surface area (Å²) in [6.07, 6.45) is 1.97. The maximum atomic E-state index is 13.2. The molecule has 19 heavy (non-hydrogen) atoms. The first kappa shape index (κ1) is 12.1. The molecule has 5 heteroatoms. The Labute approximate surface area is 110 Å². The molecule has 1 aromatic carbocycles. The summed E-state index contributed by atoms with van der Waals surface area (Å²) in [5.41, 5.74) is 1.31. The third-order valence-corrected chi connectivity index (χ3v) is 3.52. The molecule has 4 nitrogen and oxygen atoms in total. The fourth-order valence-corrected chi connectivity index (χ4v) is 2.49. The molecule has 1 saturated heterocycles. The van der Waals surface area contributed by atoms with E-state index in [1.807, 2.05) is 4.90 Å². The number of carbonyl (C=O) groups excluding carboxylic acids is 1. The largest absolute Gasteiger partial charge is 0.382 e. The quantitative estimate of drug-likeness (QED) is 0.817. The van der Waals surface area contributed by atoms with Crippen LogP contribution in [0.5, 0.6) is 0 Å². The summed E-state index contributed by atoms with van der Waals surface area (Å²) in [4.78, 5) is 19.2. The number of amides is 1. The molecule has 100 valence electrons. The molecule has 3 rings (SSSR count). The Kier molecular flexibility index (Phi) is 3.19. The molecule has 2 aliphatic rings. The molecule has 0 N–H and O–H groups in total. The normalized spacial score (nSPS) is 22.3. The van der Waals surface area contributed by atoms with Gasteiger partial charge in [-0.05, 0) is 25.0 Å². The fourth-order valence-electron chi connectivity index (χ4n) is 2.49. The molecule has 0 aromatic heterocycles. The van der Waals surface area contributed by atoms with Gasteiger partial charge in [0.25, 0.3) is 5.91 Å². The second kappa shape index (κ2) is 4.99. The predicted molar refractivity (Wildman–Crippen MR) is 68.2 cm³/mol. The average molecular weight is 262 g/mol. The number of carbonyl (C=O) groups is 1. The van der Waals surface area contributed by atoms with E-state index >= 15 is 0 Å². The zero-order valence-corrected chi connectivity index (χ0v) is 10.5. The highest BCUT2D eigenvalue weighted by Gasteiger charge is 2.33. The third kappa shape index (κ3) is 2.45. The van der Waals surface area contributed by atoms with Gasteiger partial charge in [0, 0.05) is 25.1 Å². The van der Waals surface area contributed by atoms with E-state index < -0.39 is 6.10 Å². The number of hydrogen-bond acceptors (Lipinski definition) is 3.